The number of halogens is 2. The first-order chi connectivity index (χ1) is 17.3. The van der Waals surface area contributed by atoms with Crippen molar-refractivity contribution < 1.29 is 18.4 Å². The van der Waals surface area contributed by atoms with Gasteiger partial charge in [0.1, 0.15) is 11.2 Å². The number of urea groups is 1. The summed E-state index contributed by atoms with van der Waals surface area (Å²) in [7, 11) is 3.36. The van der Waals surface area contributed by atoms with Crippen LogP contribution < -0.4 is 16.4 Å². The molecule has 3 amide bonds. The number of nitrogens with two attached hydrogens (primary N) is 1. The van der Waals surface area contributed by atoms with E-state index >= 15 is 0 Å². The van der Waals surface area contributed by atoms with Gasteiger partial charge in [-0.1, -0.05) is 12.1 Å². The lowest BCUT2D eigenvalue weighted by atomic mass is 10.0. The molecule has 0 radical (unpaired) electrons. The largest absolute Gasteiger partial charge is 0.404 e. The summed E-state index contributed by atoms with van der Waals surface area (Å²) < 4.78 is 27.8. The van der Waals surface area contributed by atoms with Crippen LogP contribution in [0.15, 0.2) is 60.0 Å². The van der Waals surface area contributed by atoms with Crippen molar-refractivity contribution in [2.24, 2.45) is 10.7 Å². The summed E-state index contributed by atoms with van der Waals surface area (Å²) in [5, 5.41) is 4.71. The second-order valence-corrected chi connectivity index (χ2v) is 9.38. The summed E-state index contributed by atoms with van der Waals surface area (Å²) in [4.78, 5) is 34.7. The first kappa shape index (κ1) is 27.3. The molecule has 0 unspecified atom stereocenters. The molecule has 3 rings (SSSR count). The van der Waals surface area contributed by atoms with Crippen LogP contribution in [0, 0.1) is 0 Å². The minimum Gasteiger partial charge on any atom is -0.404 e. The highest BCUT2D eigenvalue weighted by Gasteiger charge is 2.27. The van der Waals surface area contributed by atoms with Gasteiger partial charge in [-0.15, -0.1) is 0 Å². The lowest BCUT2D eigenvalue weighted by Crippen LogP contribution is -2.40. The van der Waals surface area contributed by atoms with Crippen molar-refractivity contribution in [3.8, 4) is 11.3 Å². The molecule has 3 aromatic rings. The molecule has 0 aliphatic rings. The molecule has 0 saturated carbocycles. The molecule has 0 atom stereocenters. The fraction of sp³-hybridized carbons (Fsp3) is 0.308. The number of alkyl halides is 2. The number of hydrogen-bond donors (Lipinski definition) is 3. The predicted octanol–water partition coefficient (Wildman–Crippen LogP) is 4.02. The van der Waals surface area contributed by atoms with Crippen LogP contribution in [0.5, 0.6) is 0 Å². The Morgan fingerprint density at radius 2 is 1.92 bits per heavy atom. The number of amides is 3. The van der Waals surface area contributed by atoms with Crippen LogP contribution in [-0.4, -0.2) is 64.5 Å². The molecule has 0 spiro atoms. The predicted molar refractivity (Wildman–Crippen MR) is 142 cm³/mol. The topological polar surface area (TPSA) is 117 Å². The van der Waals surface area contributed by atoms with Gasteiger partial charge in [0.2, 0.25) is 5.91 Å². The molecule has 0 aliphatic carbocycles. The van der Waals surface area contributed by atoms with Crippen molar-refractivity contribution in [3.05, 3.63) is 60.6 Å². The van der Waals surface area contributed by atoms with Gasteiger partial charge in [0.15, 0.2) is 0 Å². The fourth-order valence-electron chi connectivity index (χ4n) is 3.59. The quantitative estimate of drug-likeness (QED) is 0.396. The number of pyridine rings is 1. The number of allylic oxidation sites excluding steroid dienone is 1. The van der Waals surface area contributed by atoms with E-state index in [0.29, 0.717) is 16.9 Å². The van der Waals surface area contributed by atoms with Gasteiger partial charge in [0, 0.05) is 56.5 Å². The molecule has 0 fully saturated rings. The van der Waals surface area contributed by atoms with Crippen molar-refractivity contribution in [1.29, 1.82) is 0 Å². The number of carbonyl (C=O) groups is 2. The van der Waals surface area contributed by atoms with Gasteiger partial charge >= 0.3 is 6.03 Å². The Labute approximate surface area is 214 Å². The van der Waals surface area contributed by atoms with Gasteiger partial charge in [-0.25, -0.2) is 18.6 Å². The number of nitrogens with one attached hydrogen (secondary N) is 2. The van der Waals surface area contributed by atoms with Crippen LogP contribution in [0.25, 0.3) is 22.5 Å². The first-order valence-electron chi connectivity index (χ1n) is 11.5. The van der Waals surface area contributed by atoms with E-state index in [0.717, 1.165) is 23.7 Å². The highest BCUT2D eigenvalue weighted by atomic mass is 19.3. The Kier molecular flexibility index (Phi) is 7.95. The molecule has 0 aliphatic heterocycles. The third kappa shape index (κ3) is 6.90. The van der Waals surface area contributed by atoms with Gasteiger partial charge < -0.3 is 21.3 Å². The van der Waals surface area contributed by atoms with Crippen molar-refractivity contribution in [2.45, 2.75) is 32.2 Å². The van der Waals surface area contributed by atoms with Gasteiger partial charge in [0.25, 0.3) is 5.92 Å². The number of aromatic nitrogens is 2. The SMILES string of the molecule is CN(C)C(=O)C(C)(C)N=CC(=CN)c1ccn2c(-c3cccc(NC(=O)NCC(C)(F)F)c3)cnc2c1. The van der Waals surface area contributed by atoms with Crippen molar-refractivity contribution in [2.75, 3.05) is 26.0 Å². The molecule has 1 aromatic carbocycles. The number of imidazole rings is 1. The average molecular weight is 512 g/mol. The average Bonchev–Trinajstić information content (AvgIpc) is 3.26. The van der Waals surface area contributed by atoms with Crippen molar-refractivity contribution in [1.82, 2.24) is 19.6 Å². The van der Waals surface area contributed by atoms with Crippen molar-refractivity contribution >= 4 is 35.1 Å². The number of anilines is 1. The van der Waals surface area contributed by atoms with Gasteiger partial charge in [-0.05, 0) is 43.7 Å². The normalized spacial score (nSPS) is 12.7. The van der Waals surface area contributed by atoms with E-state index < -0.39 is 24.0 Å². The Morgan fingerprint density at radius 3 is 2.57 bits per heavy atom. The minimum atomic E-state index is -3.00. The van der Waals surface area contributed by atoms with E-state index in [-0.39, 0.29) is 5.91 Å². The summed E-state index contributed by atoms with van der Waals surface area (Å²) in [6, 6.07) is 9.95. The number of hydrogen-bond acceptors (Lipinski definition) is 5. The zero-order valence-electron chi connectivity index (χ0n) is 21.4. The number of fused-ring (bicyclic) bond motifs is 1. The Hall–Kier alpha value is -4.28. The monoisotopic (exact) mass is 511 g/mol. The van der Waals surface area contributed by atoms with Crippen LogP contribution in [0.1, 0.15) is 26.3 Å². The van der Waals surface area contributed by atoms with Gasteiger partial charge in [0.05, 0.1) is 18.4 Å². The minimum absolute atomic E-state index is 0.133. The van der Waals surface area contributed by atoms with Crippen LogP contribution >= 0.6 is 0 Å². The van der Waals surface area contributed by atoms with E-state index in [1.54, 1.807) is 58.6 Å². The molecule has 2 heterocycles. The van der Waals surface area contributed by atoms with E-state index in [9.17, 15) is 18.4 Å². The van der Waals surface area contributed by atoms with Crippen LogP contribution in [0.4, 0.5) is 19.3 Å². The van der Waals surface area contributed by atoms with Crippen LogP contribution in [0.2, 0.25) is 0 Å². The maximum Gasteiger partial charge on any atom is 0.319 e. The number of aliphatic imine (C=N–C) groups is 1. The van der Waals surface area contributed by atoms with E-state index in [1.165, 1.54) is 11.1 Å². The standard InChI is InChI=1S/C26H31F2N7O2/c1-25(2,23(36)34(4)5)32-14-19(13-29)17-9-10-35-21(15-30-22(35)12-17)18-7-6-8-20(11-18)33-24(37)31-16-26(3,27)28/h6-15H,16,29H2,1-5H3,(H2,31,33,37). The highest BCUT2D eigenvalue weighted by Crippen LogP contribution is 2.25. The molecule has 4 N–H and O–H groups in total. The Morgan fingerprint density at radius 1 is 1.19 bits per heavy atom. The molecule has 2 aromatic heterocycles. The number of likely N-dealkylation sites (N-methyl/N-ethyl adjacent to an activating group) is 1. The fourth-order valence-corrected chi connectivity index (χ4v) is 3.59. The number of nitrogens with zero attached hydrogens (tertiary/aromatic N) is 4. The molecular formula is C26H31F2N7O2. The smallest absolute Gasteiger partial charge is 0.319 e. The third-order valence-corrected chi connectivity index (χ3v) is 5.46. The van der Waals surface area contributed by atoms with Gasteiger partial charge in [-0.3, -0.25) is 14.2 Å². The zero-order chi connectivity index (χ0) is 27.4. The molecule has 0 bridgehead atoms. The Balaban J connectivity index is 1.83. The van der Waals surface area contributed by atoms with E-state index in [2.05, 4.69) is 20.6 Å². The zero-order valence-corrected chi connectivity index (χ0v) is 21.4. The molecular weight excluding hydrogens is 480 g/mol. The van der Waals surface area contributed by atoms with E-state index in [1.807, 2.05) is 28.8 Å². The highest BCUT2D eigenvalue weighted by molar-refractivity contribution is 6.10. The van der Waals surface area contributed by atoms with Crippen LogP contribution in [-0.2, 0) is 4.79 Å². The summed E-state index contributed by atoms with van der Waals surface area (Å²) in [6.45, 7) is 3.43. The summed E-state index contributed by atoms with van der Waals surface area (Å²) >= 11 is 0. The maximum atomic E-state index is 13.0. The number of carbonyl (C=O) groups excluding carboxylic acids is 2. The first-order valence-corrected chi connectivity index (χ1v) is 11.5. The van der Waals surface area contributed by atoms with Crippen LogP contribution in [0.3, 0.4) is 0 Å². The second-order valence-electron chi connectivity index (χ2n) is 9.38. The number of rotatable bonds is 8. The molecule has 196 valence electrons. The molecule has 11 heteroatoms. The Bertz CT molecular complexity index is 1350. The second kappa shape index (κ2) is 10.8. The lowest BCUT2D eigenvalue weighted by Gasteiger charge is -2.23. The summed E-state index contributed by atoms with van der Waals surface area (Å²) in [5.41, 5.74) is 8.91. The summed E-state index contributed by atoms with van der Waals surface area (Å²) in [6.07, 6.45) is 6.51. The molecule has 37 heavy (non-hydrogen) atoms. The summed E-state index contributed by atoms with van der Waals surface area (Å²) in [5.74, 6) is -3.13. The molecule has 0 saturated heterocycles. The van der Waals surface area contributed by atoms with E-state index in [4.69, 9.17) is 5.73 Å². The lowest BCUT2D eigenvalue weighted by molar-refractivity contribution is -0.133. The molecule has 9 nitrogen and oxygen atoms in total. The van der Waals surface area contributed by atoms with Crippen molar-refractivity contribution in [3.63, 3.8) is 0 Å². The third-order valence-electron chi connectivity index (χ3n) is 5.46. The maximum absolute atomic E-state index is 13.0. The van der Waals surface area contributed by atoms with Gasteiger partial charge in [-0.2, -0.15) is 0 Å². The number of benzene rings is 1.